The molecule has 7 nitrogen and oxygen atoms in total. The van der Waals surface area contributed by atoms with Crippen LogP contribution < -0.4 is 5.32 Å². The van der Waals surface area contributed by atoms with Crippen LogP contribution >= 0.6 is 11.3 Å². The van der Waals surface area contributed by atoms with Gasteiger partial charge in [-0.25, -0.2) is 18.4 Å². The maximum atomic E-state index is 13.2. The number of hydrogen-bond donors (Lipinski definition) is 1. The first-order valence-corrected chi connectivity index (χ1v) is 13.4. The number of sulfonamides is 1. The number of thiophene rings is 1. The zero-order valence-electron chi connectivity index (χ0n) is 17.9. The molecule has 33 heavy (non-hydrogen) atoms. The summed E-state index contributed by atoms with van der Waals surface area (Å²) in [6, 6.07) is 14.1. The van der Waals surface area contributed by atoms with Gasteiger partial charge in [-0.2, -0.15) is 4.31 Å². The second-order valence-electron chi connectivity index (χ2n) is 8.62. The molecule has 2 fully saturated rings. The van der Waals surface area contributed by atoms with Gasteiger partial charge in [0, 0.05) is 23.7 Å². The molecule has 4 aromatic rings. The van der Waals surface area contributed by atoms with Gasteiger partial charge in [0.05, 0.1) is 17.8 Å². The number of aromatic nitrogens is 3. The van der Waals surface area contributed by atoms with Crippen molar-refractivity contribution in [2.45, 2.75) is 48.5 Å². The first-order chi connectivity index (χ1) is 16.1. The molecule has 6 rings (SSSR count). The van der Waals surface area contributed by atoms with E-state index in [4.69, 9.17) is 0 Å². The molecule has 0 unspecified atom stereocenters. The standard InChI is InChI=1S/C24H23N5O2S2/c30-33(31,23-2-1-11-32-23)29(20-6-7-20)14-19-12-17(9-10-25-19)16-3-8-22-21(13-16)24(27-15-26-22)28-18-4-5-18/h1-3,8-13,15,18,20H,4-7,14H2,(H,26,27,28). The Labute approximate surface area is 196 Å². The Bertz CT molecular complexity index is 1410. The zero-order valence-corrected chi connectivity index (χ0v) is 19.5. The molecule has 2 aliphatic rings. The summed E-state index contributed by atoms with van der Waals surface area (Å²) in [5, 5.41) is 6.27. The predicted molar refractivity (Wildman–Crippen MR) is 129 cm³/mol. The van der Waals surface area contributed by atoms with Crippen LogP contribution in [0.3, 0.4) is 0 Å². The van der Waals surface area contributed by atoms with Gasteiger partial charge < -0.3 is 5.32 Å². The Balaban J connectivity index is 1.32. The highest BCUT2D eigenvalue weighted by atomic mass is 32.2. The summed E-state index contributed by atoms with van der Waals surface area (Å²) in [4.78, 5) is 13.4. The molecule has 1 aromatic carbocycles. The van der Waals surface area contributed by atoms with Gasteiger partial charge in [-0.3, -0.25) is 4.98 Å². The maximum Gasteiger partial charge on any atom is 0.253 e. The number of anilines is 1. The van der Waals surface area contributed by atoms with E-state index >= 15 is 0 Å². The molecule has 1 N–H and O–H groups in total. The number of nitrogens with one attached hydrogen (secondary N) is 1. The first kappa shape index (κ1) is 20.7. The lowest BCUT2D eigenvalue weighted by Crippen LogP contribution is -2.32. The van der Waals surface area contributed by atoms with E-state index in [2.05, 4.69) is 26.3 Å². The lowest BCUT2D eigenvalue weighted by atomic mass is 10.0. The fourth-order valence-corrected chi connectivity index (χ4v) is 6.75. The zero-order chi connectivity index (χ0) is 22.4. The maximum absolute atomic E-state index is 13.2. The predicted octanol–water partition coefficient (Wildman–Crippen LogP) is 4.68. The highest BCUT2D eigenvalue weighted by molar-refractivity contribution is 7.91. The molecule has 3 aromatic heterocycles. The first-order valence-electron chi connectivity index (χ1n) is 11.1. The Hall–Kier alpha value is -2.88. The summed E-state index contributed by atoms with van der Waals surface area (Å²) < 4.78 is 28.4. The highest BCUT2D eigenvalue weighted by Gasteiger charge is 2.38. The van der Waals surface area contributed by atoms with Crippen LogP contribution in [0.2, 0.25) is 0 Å². The third-order valence-corrected chi connectivity index (χ3v) is 9.30. The van der Waals surface area contributed by atoms with Gasteiger partial charge in [0.1, 0.15) is 16.4 Å². The second kappa shape index (κ2) is 8.16. The average Bonchev–Trinajstić information content (AvgIpc) is 3.77. The fraction of sp³-hybridized carbons (Fsp3) is 0.292. The van der Waals surface area contributed by atoms with Crippen molar-refractivity contribution in [2.24, 2.45) is 0 Å². The topological polar surface area (TPSA) is 88.1 Å². The minimum Gasteiger partial charge on any atom is -0.367 e. The molecule has 0 atom stereocenters. The van der Waals surface area contributed by atoms with E-state index in [-0.39, 0.29) is 12.6 Å². The lowest BCUT2D eigenvalue weighted by molar-refractivity contribution is 0.395. The van der Waals surface area contributed by atoms with Crippen LogP contribution in [0.15, 0.2) is 64.6 Å². The molecule has 0 bridgehead atoms. The smallest absolute Gasteiger partial charge is 0.253 e. The van der Waals surface area contributed by atoms with Crippen molar-refractivity contribution in [1.82, 2.24) is 19.3 Å². The van der Waals surface area contributed by atoms with E-state index in [9.17, 15) is 8.42 Å². The molecular weight excluding hydrogens is 454 g/mol. The molecule has 0 spiro atoms. The van der Waals surface area contributed by atoms with Crippen LogP contribution in [-0.2, 0) is 16.6 Å². The van der Waals surface area contributed by atoms with E-state index in [1.165, 1.54) is 24.2 Å². The quantitative estimate of drug-likeness (QED) is 0.396. The summed E-state index contributed by atoms with van der Waals surface area (Å²) in [7, 11) is -3.52. The largest absolute Gasteiger partial charge is 0.367 e. The molecule has 0 aliphatic heterocycles. The number of benzene rings is 1. The third kappa shape index (κ3) is 4.23. The molecule has 0 radical (unpaired) electrons. The van der Waals surface area contributed by atoms with E-state index in [1.54, 1.807) is 34.3 Å². The van der Waals surface area contributed by atoms with Crippen LogP contribution in [0, 0.1) is 0 Å². The van der Waals surface area contributed by atoms with Gasteiger partial charge in [0.15, 0.2) is 0 Å². The second-order valence-corrected chi connectivity index (χ2v) is 11.7. The van der Waals surface area contributed by atoms with Crippen molar-refractivity contribution in [3.05, 3.63) is 66.1 Å². The number of fused-ring (bicyclic) bond motifs is 1. The van der Waals surface area contributed by atoms with Crippen molar-refractivity contribution in [3.63, 3.8) is 0 Å². The van der Waals surface area contributed by atoms with E-state index < -0.39 is 10.0 Å². The third-order valence-electron chi connectivity index (χ3n) is 6.03. The van der Waals surface area contributed by atoms with Crippen molar-refractivity contribution in [2.75, 3.05) is 5.32 Å². The van der Waals surface area contributed by atoms with Crippen molar-refractivity contribution in [1.29, 1.82) is 0 Å². The summed E-state index contributed by atoms with van der Waals surface area (Å²) >= 11 is 1.26. The van der Waals surface area contributed by atoms with E-state index in [0.717, 1.165) is 46.4 Å². The summed E-state index contributed by atoms with van der Waals surface area (Å²) in [6.45, 7) is 0.268. The Morgan fingerprint density at radius 3 is 2.61 bits per heavy atom. The van der Waals surface area contributed by atoms with Gasteiger partial charge in [-0.15, -0.1) is 11.3 Å². The number of nitrogens with zero attached hydrogens (tertiary/aromatic N) is 4. The fourth-order valence-electron chi connectivity index (χ4n) is 3.97. The van der Waals surface area contributed by atoms with E-state index in [1.807, 2.05) is 24.3 Å². The van der Waals surface area contributed by atoms with Crippen LogP contribution in [0.4, 0.5) is 5.82 Å². The summed E-state index contributed by atoms with van der Waals surface area (Å²) in [5.41, 5.74) is 3.65. The van der Waals surface area contributed by atoms with Crippen LogP contribution in [0.1, 0.15) is 31.4 Å². The molecule has 0 amide bonds. The normalized spacial score (nSPS) is 16.4. The van der Waals surface area contributed by atoms with Crippen LogP contribution in [-0.4, -0.2) is 39.8 Å². The van der Waals surface area contributed by atoms with Gasteiger partial charge in [-0.1, -0.05) is 12.1 Å². The van der Waals surface area contributed by atoms with Crippen molar-refractivity contribution >= 4 is 38.1 Å². The van der Waals surface area contributed by atoms with Gasteiger partial charge in [0.2, 0.25) is 0 Å². The molecule has 9 heteroatoms. The lowest BCUT2D eigenvalue weighted by Gasteiger charge is -2.21. The Kier molecular flexibility index (Phi) is 5.12. The van der Waals surface area contributed by atoms with E-state index in [0.29, 0.717) is 10.3 Å². The van der Waals surface area contributed by atoms with Crippen LogP contribution in [0.25, 0.3) is 22.0 Å². The molecule has 2 saturated carbocycles. The molecule has 2 aliphatic carbocycles. The van der Waals surface area contributed by atoms with Crippen molar-refractivity contribution < 1.29 is 8.42 Å². The molecule has 0 saturated heterocycles. The van der Waals surface area contributed by atoms with Gasteiger partial charge in [-0.05, 0) is 72.5 Å². The average molecular weight is 478 g/mol. The number of rotatable bonds is 8. The Morgan fingerprint density at radius 2 is 1.85 bits per heavy atom. The Morgan fingerprint density at radius 1 is 1.00 bits per heavy atom. The minimum absolute atomic E-state index is 0.0523. The monoisotopic (exact) mass is 477 g/mol. The molecular formula is C24H23N5O2S2. The molecule has 3 heterocycles. The number of pyridine rings is 1. The van der Waals surface area contributed by atoms with Crippen molar-refractivity contribution in [3.8, 4) is 11.1 Å². The van der Waals surface area contributed by atoms with Gasteiger partial charge >= 0.3 is 0 Å². The minimum atomic E-state index is -3.52. The van der Waals surface area contributed by atoms with Gasteiger partial charge in [0.25, 0.3) is 10.0 Å². The summed E-state index contributed by atoms with van der Waals surface area (Å²) in [6.07, 6.45) is 7.48. The SMILES string of the molecule is O=S(=O)(c1cccs1)N(Cc1cc(-c2ccc3ncnc(NC4CC4)c3c2)ccn1)C1CC1. The van der Waals surface area contributed by atoms with Crippen LogP contribution in [0.5, 0.6) is 0 Å². The number of hydrogen-bond acceptors (Lipinski definition) is 7. The molecule has 168 valence electrons. The highest BCUT2D eigenvalue weighted by Crippen LogP contribution is 2.35. The summed E-state index contributed by atoms with van der Waals surface area (Å²) in [5.74, 6) is 0.862.